The van der Waals surface area contributed by atoms with Crippen LogP contribution in [0.25, 0.3) is 0 Å². The van der Waals surface area contributed by atoms with E-state index >= 15 is 0 Å². The quantitative estimate of drug-likeness (QED) is 0.575. The topological polar surface area (TPSA) is 12.0 Å². The average Bonchev–Trinajstić information content (AvgIpc) is 1.88. The van der Waals surface area contributed by atoms with Crippen LogP contribution in [-0.4, -0.2) is 13.1 Å². The van der Waals surface area contributed by atoms with Crippen LogP contribution in [0.5, 0.6) is 0 Å². The Morgan fingerprint density at radius 3 is 2.90 bits per heavy atom. The SMILES string of the molecule is C[C](C)CC1=CCNCC1. The summed E-state index contributed by atoms with van der Waals surface area (Å²) < 4.78 is 0. The van der Waals surface area contributed by atoms with Crippen molar-refractivity contribution >= 4 is 0 Å². The van der Waals surface area contributed by atoms with Crippen molar-refractivity contribution in [2.45, 2.75) is 26.7 Å². The van der Waals surface area contributed by atoms with Gasteiger partial charge in [-0.2, -0.15) is 0 Å². The zero-order valence-electron chi connectivity index (χ0n) is 6.91. The molecular formula is C9H16N. The van der Waals surface area contributed by atoms with Crippen molar-refractivity contribution in [2.75, 3.05) is 13.1 Å². The van der Waals surface area contributed by atoms with E-state index < -0.39 is 0 Å². The van der Waals surface area contributed by atoms with Gasteiger partial charge in [-0.05, 0) is 25.3 Å². The van der Waals surface area contributed by atoms with Crippen molar-refractivity contribution in [3.63, 3.8) is 0 Å². The lowest BCUT2D eigenvalue weighted by Gasteiger charge is -2.14. The minimum absolute atomic E-state index is 1.07. The summed E-state index contributed by atoms with van der Waals surface area (Å²) in [6, 6.07) is 0. The maximum absolute atomic E-state index is 3.30. The Labute approximate surface area is 63.5 Å². The Bertz CT molecular complexity index is 125. The monoisotopic (exact) mass is 138 g/mol. The van der Waals surface area contributed by atoms with Crippen LogP contribution in [0.2, 0.25) is 0 Å². The molecule has 0 bridgehead atoms. The maximum Gasteiger partial charge on any atom is 0.0137 e. The van der Waals surface area contributed by atoms with Gasteiger partial charge in [0.2, 0.25) is 0 Å². The van der Waals surface area contributed by atoms with Gasteiger partial charge < -0.3 is 5.32 Å². The molecule has 1 aliphatic rings. The molecule has 1 nitrogen and oxygen atoms in total. The highest BCUT2D eigenvalue weighted by molar-refractivity contribution is 5.11. The standard InChI is InChI=1S/C9H16N/c1-8(2)7-9-3-5-10-6-4-9/h3,10H,4-7H2,1-2H3. The van der Waals surface area contributed by atoms with Gasteiger partial charge in [-0.25, -0.2) is 0 Å². The molecule has 0 aliphatic carbocycles. The molecule has 0 unspecified atom stereocenters. The van der Waals surface area contributed by atoms with Crippen LogP contribution in [0.15, 0.2) is 11.6 Å². The number of nitrogens with one attached hydrogen (secondary N) is 1. The zero-order chi connectivity index (χ0) is 7.40. The smallest absolute Gasteiger partial charge is 0.0137 e. The molecule has 57 valence electrons. The summed E-state index contributed by atoms with van der Waals surface area (Å²) >= 11 is 0. The van der Waals surface area contributed by atoms with Crippen LogP contribution >= 0.6 is 0 Å². The van der Waals surface area contributed by atoms with Crippen LogP contribution in [-0.2, 0) is 0 Å². The van der Waals surface area contributed by atoms with Gasteiger partial charge in [0.05, 0.1) is 0 Å². The van der Waals surface area contributed by atoms with Gasteiger partial charge in [-0.1, -0.05) is 25.5 Å². The van der Waals surface area contributed by atoms with Crippen LogP contribution in [0.3, 0.4) is 0 Å². The number of rotatable bonds is 2. The lowest BCUT2D eigenvalue weighted by atomic mass is 9.99. The van der Waals surface area contributed by atoms with Crippen LogP contribution in [0.1, 0.15) is 26.7 Å². The third-order valence-electron chi connectivity index (χ3n) is 1.74. The second-order valence-electron chi connectivity index (χ2n) is 3.20. The summed E-state index contributed by atoms with van der Waals surface area (Å²) in [4.78, 5) is 0. The fourth-order valence-electron chi connectivity index (χ4n) is 1.28. The van der Waals surface area contributed by atoms with Gasteiger partial charge in [-0.15, -0.1) is 0 Å². The van der Waals surface area contributed by atoms with E-state index in [1.165, 1.54) is 25.3 Å². The highest BCUT2D eigenvalue weighted by Crippen LogP contribution is 2.16. The molecule has 1 N–H and O–H groups in total. The Hall–Kier alpha value is -0.300. The summed E-state index contributed by atoms with van der Waals surface area (Å²) in [6.45, 7) is 6.63. The predicted octanol–water partition coefficient (Wildman–Crippen LogP) is 1.91. The first-order valence-corrected chi connectivity index (χ1v) is 3.96. The van der Waals surface area contributed by atoms with Crippen molar-refractivity contribution in [3.05, 3.63) is 17.6 Å². The largest absolute Gasteiger partial charge is 0.313 e. The maximum atomic E-state index is 3.30. The van der Waals surface area contributed by atoms with Crippen molar-refractivity contribution in [2.24, 2.45) is 0 Å². The van der Waals surface area contributed by atoms with E-state index in [0.29, 0.717) is 0 Å². The summed E-state index contributed by atoms with van der Waals surface area (Å²) in [6.07, 6.45) is 4.77. The summed E-state index contributed by atoms with van der Waals surface area (Å²) in [5, 5.41) is 3.30. The van der Waals surface area contributed by atoms with Gasteiger partial charge in [0, 0.05) is 6.54 Å². The zero-order valence-corrected chi connectivity index (χ0v) is 6.91. The minimum atomic E-state index is 1.07. The van der Waals surface area contributed by atoms with Crippen LogP contribution < -0.4 is 5.32 Å². The summed E-state index contributed by atoms with van der Waals surface area (Å²) in [5.41, 5.74) is 1.61. The van der Waals surface area contributed by atoms with E-state index in [1.807, 2.05) is 0 Å². The molecule has 0 aromatic rings. The molecule has 1 rings (SSSR count). The molecule has 0 aromatic heterocycles. The lowest BCUT2D eigenvalue weighted by Crippen LogP contribution is -2.20. The molecule has 1 heterocycles. The number of hydrogen-bond acceptors (Lipinski definition) is 1. The van der Waals surface area contributed by atoms with Crippen LogP contribution in [0, 0.1) is 5.92 Å². The molecule has 1 aliphatic heterocycles. The van der Waals surface area contributed by atoms with Gasteiger partial charge in [0.25, 0.3) is 0 Å². The minimum Gasteiger partial charge on any atom is -0.313 e. The Morgan fingerprint density at radius 1 is 1.60 bits per heavy atom. The highest BCUT2D eigenvalue weighted by atomic mass is 14.8. The van der Waals surface area contributed by atoms with Gasteiger partial charge >= 0.3 is 0 Å². The molecule has 0 spiro atoms. The summed E-state index contributed by atoms with van der Waals surface area (Å²) in [7, 11) is 0. The molecule has 0 amide bonds. The van der Waals surface area contributed by atoms with Gasteiger partial charge in [-0.3, -0.25) is 0 Å². The molecule has 0 saturated heterocycles. The first kappa shape index (κ1) is 7.80. The molecule has 10 heavy (non-hydrogen) atoms. The van der Waals surface area contributed by atoms with E-state index in [9.17, 15) is 0 Å². The van der Waals surface area contributed by atoms with Crippen LogP contribution in [0.4, 0.5) is 0 Å². The van der Waals surface area contributed by atoms with E-state index in [1.54, 1.807) is 5.57 Å². The Kier molecular flexibility index (Phi) is 2.94. The molecule has 0 saturated carbocycles. The van der Waals surface area contributed by atoms with Crippen molar-refractivity contribution in [1.29, 1.82) is 0 Å². The molecule has 0 aromatic carbocycles. The molecule has 0 atom stereocenters. The lowest BCUT2D eigenvalue weighted by molar-refractivity contribution is 0.681. The Balaban J connectivity index is 2.31. The van der Waals surface area contributed by atoms with Gasteiger partial charge in [0.1, 0.15) is 0 Å². The molecule has 1 heteroatoms. The molecule has 1 radical (unpaired) electrons. The fourth-order valence-corrected chi connectivity index (χ4v) is 1.28. The van der Waals surface area contributed by atoms with Gasteiger partial charge in [0.15, 0.2) is 0 Å². The van der Waals surface area contributed by atoms with E-state index in [-0.39, 0.29) is 0 Å². The predicted molar refractivity (Wildman–Crippen MR) is 44.8 cm³/mol. The highest BCUT2D eigenvalue weighted by Gasteiger charge is 2.04. The second kappa shape index (κ2) is 3.77. The number of hydrogen-bond donors (Lipinski definition) is 1. The molecule has 0 fully saturated rings. The van der Waals surface area contributed by atoms with E-state index in [2.05, 4.69) is 25.2 Å². The normalized spacial score (nSPS) is 19.3. The first-order chi connectivity index (χ1) is 4.79. The second-order valence-corrected chi connectivity index (χ2v) is 3.20. The van der Waals surface area contributed by atoms with Crippen molar-refractivity contribution in [3.8, 4) is 0 Å². The third-order valence-corrected chi connectivity index (χ3v) is 1.74. The third kappa shape index (κ3) is 2.53. The average molecular weight is 138 g/mol. The van der Waals surface area contributed by atoms with Crippen molar-refractivity contribution in [1.82, 2.24) is 5.32 Å². The first-order valence-electron chi connectivity index (χ1n) is 3.96. The Morgan fingerprint density at radius 2 is 2.40 bits per heavy atom. The fraction of sp³-hybridized carbons (Fsp3) is 0.667. The van der Waals surface area contributed by atoms with E-state index in [0.717, 1.165) is 6.54 Å². The summed E-state index contributed by atoms with van der Waals surface area (Å²) in [5.74, 6) is 1.52. The molecular weight excluding hydrogens is 122 g/mol. The van der Waals surface area contributed by atoms with E-state index in [4.69, 9.17) is 0 Å². The van der Waals surface area contributed by atoms with Crippen molar-refractivity contribution < 1.29 is 0 Å².